The van der Waals surface area contributed by atoms with E-state index in [-0.39, 0.29) is 18.9 Å². The summed E-state index contributed by atoms with van der Waals surface area (Å²) in [6, 6.07) is 5.29. The van der Waals surface area contributed by atoms with E-state index in [1.165, 1.54) is 23.6 Å². The Balaban J connectivity index is 1.71. The molecule has 3 rings (SSSR count). The molecule has 1 aromatic rings. The van der Waals surface area contributed by atoms with E-state index in [1.807, 2.05) is 24.8 Å². The molecule has 30 heavy (non-hydrogen) atoms. The maximum absolute atomic E-state index is 13.4. The van der Waals surface area contributed by atoms with E-state index in [1.54, 1.807) is 12.1 Å². The molecule has 1 amide bonds. The van der Waals surface area contributed by atoms with Crippen molar-refractivity contribution in [2.45, 2.75) is 44.4 Å². The molecule has 0 aliphatic carbocycles. The molecule has 0 spiro atoms. The molecule has 7 nitrogen and oxygen atoms in total. The van der Waals surface area contributed by atoms with Crippen LogP contribution in [0.15, 0.2) is 23.1 Å². The first kappa shape index (κ1) is 23.2. The Hall–Kier alpha value is -1.48. The summed E-state index contributed by atoms with van der Waals surface area (Å²) < 4.78 is 28.4. The first-order valence-electron chi connectivity index (χ1n) is 11.2. The zero-order valence-corrected chi connectivity index (χ0v) is 19.2. The van der Waals surface area contributed by atoms with Crippen LogP contribution in [0.2, 0.25) is 0 Å². The zero-order chi connectivity index (χ0) is 21.6. The van der Waals surface area contributed by atoms with Gasteiger partial charge >= 0.3 is 0 Å². The van der Waals surface area contributed by atoms with Gasteiger partial charge in [0.2, 0.25) is 15.9 Å². The van der Waals surface area contributed by atoms with Gasteiger partial charge in [-0.3, -0.25) is 4.79 Å². The van der Waals surface area contributed by atoms with Crippen molar-refractivity contribution in [3.8, 4) is 0 Å². The second-order valence-corrected chi connectivity index (χ2v) is 10.4. The van der Waals surface area contributed by atoms with Crippen molar-refractivity contribution in [1.82, 2.24) is 19.4 Å². The second-order valence-electron chi connectivity index (χ2n) is 8.43. The van der Waals surface area contributed by atoms with Crippen LogP contribution in [0.3, 0.4) is 0 Å². The Bertz CT molecular complexity index is 816. The smallest absolute Gasteiger partial charge is 0.243 e. The maximum Gasteiger partial charge on any atom is 0.243 e. The van der Waals surface area contributed by atoms with Crippen molar-refractivity contribution in [3.05, 3.63) is 29.3 Å². The monoisotopic (exact) mass is 436 g/mol. The summed E-state index contributed by atoms with van der Waals surface area (Å²) in [6.07, 6.45) is 3.82. The molecule has 168 valence electrons. The van der Waals surface area contributed by atoms with E-state index < -0.39 is 10.0 Å². The number of benzene rings is 1. The van der Waals surface area contributed by atoms with Crippen LogP contribution in [-0.2, 0) is 14.8 Å². The Morgan fingerprint density at radius 2 is 1.70 bits per heavy atom. The third-order valence-corrected chi connectivity index (χ3v) is 8.17. The second kappa shape index (κ2) is 10.7. The van der Waals surface area contributed by atoms with Gasteiger partial charge in [0.25, 0.3) is 0 Å². The molecule has 2 fully saturated rings. The first-order valence-corrected chi connectivity index (χ1v) is 12.6. The Labute approximate surface area is 181 Å². The lowest BCUT2D eigenvalue weighted by molar-refractivity contribution is -0.131. The van der Waals surface area contributed by atoms with Gasteiger partial charge in [0.15, 0.2) is 0 Å². The van der Waals surface area contributed by atoms with Crippen LogP contribution in [0.25, 0.3) is 0 Å². The zero-order valence-electron chi connectivity index (χ0n) is 18.4. The Morgan fingerprint density at radius 1 is 1.00 bits per heavy atom. The van der Waals surface area contributed by atoms with E-state index in [4.69, 9.17) is 0 Å². The minimum Gasteiger partial charge on any atom is -0.340 e. The number of sulfonamides is 1. The summed E-state index contributed by atoms with van der Waals surface area (Å²) in [5.74, 6) is 0.0368. The molecule has 0 aromatic heterocycles. The molecule has 2 saturated heterocycles. The predicted octanol–water partition coefficient (Wildman–Crippen LogP) is 1.60. The van der Waals surface area contributed by atoms with Crippen molar-refractivity contribution in [3.63, 3.8) is 0 Å². The number of carbonyl (C=O) groups excluding carboxylic acids is 1. The van der Waals surface area contributed by atoms with Gasteiger partial charge in [-0.2, -0.15) is 4.31 Å². The lowest BCUT2D eigenvalue weighted by Crippen LogP contribution is -2.47. The van der Waals surface area contributed by atoms with Crippen LogP contribution in [0.4, 0.5) is 0 Å². The SMILES string of the molecule is Cc1ccc(S(=O)(=O)N(CCC(=O)N2CCNCC2)CCN2CCCCC2)cc1C. The highest BCUT2D eigenvalue weighted by molar-refractivity contribution is 7.89. The number of amides is 1. The highest BCUT2D eigenvalue weighted by Crippen LogP contribution is 2.20. The van der Waals surface area contributed by atoms with Gasteiger partial charge in [-0.05, 0) is 63.0 Å². The molecule has 2 aliphatic heterocycles. The van der Waals surface area contributed by atoms with Crippen molar-refractivity contribution in [2.75, 3.05) is 58.9 Å². The summed E-state index contributed by atoms with van der Waals surface area (Å²) in [4.78, 5) is 17.1. The number of aryl methyl sites for hydroxylation is 2. The van der Waals surface area contributed by atoms with Crippen LogP contribution < -0.4 is 5.32 Å². The normalized spacial score (nSPS) is 18.7. The summed E-state index contributed by atoms with van der Waals surface area (Å²) in [5.41, 5.74) is 2.03. The molecule has 1 N–H and O–H groups in total. The number of carbonyl (C=O) groups is 1. The fraction of sp³-hybridized carbons (Fsp3) is 0.682. The molecule has 0 bridgehead atoms. The van der Waals surface area contributed by atoms with Crippen molar-refractivity contribution in [2.24, 2.45) is 0 Å². The number of nitrogens with one attached hydrogen (secondary N) is 1. The summed E-state index contributed by atoms with van der Waals surface area (Å²) >= 11 is 0. The lowest BCUT2D eigenvalue weighted by atomic mass is 10.1. The largest absolute Gasteiger partial charge is 0.340 e. The average molecular weight is 437 g/mol. The number of hydrogen-bond acceptors (Lipinski definition) is 5. The van der Waals surface area contributed by atoms with Gasteiger partial charge in [-0.1, -0.05) is 12.5 Å². The van der Waals surface area contributed by atoms with Gasteiger partial charge in [0, 0.05) is 52.2 Å². The minimum atomic E-state index is -3.64. The van der Waals surface area contributed by atoms with Gasteiger partial charge in [-0.25, -0.2) is 8.42 Å². The van der Waals surface area contributed by atoms with Gasteiger partial charge in [0.1, 0.15) is 0 Å². The van der Waals surface area contributed by atoms with E-state index in [9.17, 15) is 13.2 Å². The molecule has 0 saturated carbocycles. The lowest BCUT2D eigenvalue weighted by Gasteiger charge is -2.31. The molecule has 0 atom stereocenters. The Morgan fingerprint density at radius 3 is 2.37 bits per heavy atom. The highest BCUT2D eigenvalue weighted by atomic mass is 32.2. The van der Waals surface area contributed by atoms with Crippen molar-refractivity contribution in [1.29, 1.82) is 0 Å². The van der Waals surface area contributed by atoms with Crippen molar-refractivity contribution >= 4 is 15.9 Å². The van der Waals surface area contributed by atoms with E-state index in [0.29, 0.717) is 31.1 Å². The number of piperidine rings is 1. The topological polar surface area (TPSA) is 73.0 Å². The number of likely N-dealkylation sites (tertiary alicyclic amines) is 1. The van der Waals surface area contributed by atoms with Crippen LogP contribution in [0, 0.1) is 13.8 Å². The fourth-order valence-corrected chi connectivity index (χ4v) is 5.62. The van der Waals surface area contributed by atoms with Crippen LogP contribution in [0.1, 0.15) is 36.8 Å². The maximum atomic E-state index is 13.4. The van der Waals surface area contributed by atoms with Gasteiger partial charge in [-0.15, -0.1) is 0 Å². The minimum absolute atomic E-state index is 0.0368. The molecule has 0 unspecified atom stereocenters. The van der Waals surface area contributed by atoms with Gasteiger partial charge in [0.05, 0.1) is 4.90 Å². The predicted molar refractivity (Wildman–Crippen MR) is 119 cm³/mol. The molecule has 1 aromatic carbocycles. The fourth-order valence-electron chi connectivity index (χ4n) is 4.10. The molecule has 2 aliphatic rings. The Kier molecular flexibility index (Phi) is 8.27. The van der Waals surface area contributed by atoms with E-state index in [2.05, 4.69) is 10.2 Å². The third kappa shape index (κ3) is 6.03. The van der Waals surface area contributed by atoms with E-state index in [0.717, 1.165) is 37.3 Å². The third-order valence-electron chi connectivity index (χ3n) is 6.28. The van der Waals surface area contributed by atoms with Crippen LogP contribution in [-0.4, -0.2) is 87.3 Å². The average Bonchev–Trinajstić information content (AvgIpc) is 2.76. The van der Waals surface area contributed by atoms with Crippen molar-refractivity contribution < 1.29 is 13.2 Å². The number of piperazine rings is 1. The molecular weight excluding hydrogens is 400 g/mol. The highest BCUT2D eigenvalue weighted by Gasteiger charge is 2.27. The molecule has 0 radical (unpaired) electrons. The summed E-state index contributed by atoms with van der Waals surface area (Å²) in [5, 5.41) is 3.24. The number of rotatable bonds is 8. The first-order chi connectivity index (χ1) is 14.4. The molecular formula is C22H36N4O3S. The number of hydrogen-bond donors (Lipinski definition) is 1. The standard InChI is InChI=1S/C22H36N4O3S/c1-19-6-7-21(18-20(19)2)30(28,29)26(17-16-24-11-4-3-5-12-24)13-8-22(27)25-14-9-23-10-15-25/h6-7,18,23H,3-5,8-17H2,1-2H3. The summed E-state index contributed by atoms with van der Waals surface area (Å²) in [6.45, 7) is 10.3. The molecule has 8 heteroatoms. The quantitative estimate of drug-likeness (QED) is 0.670. The molecule has 2 heterocycles. The van der Waals surface area contributed by atoms with Crippen LogP contribution >= 0.6 is 0 Å². The van der Waals surface area contributed by atoms with Gasteiger partial charge < -0.3 is 15.1 Å². The summed E-state index contributed by atoms with van der Waals surface area (Å²) in [7, 11) is -3.64. The van der Waals surface area contributed by atoms with E-state index >= 15 is 0 Å². The number of nitrogens with zero attached hydrogens (tertiary/aromatic N) is 3. The van der Waals surface area contributed by atoms with Crippen LogP contribution in [0.5, 0.6) is 0 Å².